The molecule has 1 heterocycles. The van der Waals surface area contributed by atoms with Crippen molar-refractivity contribution in [2.24, 2.45) is 0 Å². The Hall–Kier alpha value is -0.370. The average molecular weight is 311 g/mol. The van der Waals surface area contributed by atoms with Crippen LogP contribution in [-0.2, 0) is 10.0 Å². The third kappa shape index (κ3) is 3.14. The van der Waals surface area contributed by atoms with Crippen LogP contribution < -0.4 is 10.0 Å². The van der Waals surface area contributed by atoms with Crippen molar-refractivity contribution < 1.29 is 13.5 Å². The van der Waals surface area contributed by atoms with Gasteiger partial charge in [0.25, 0.3) is 0 Å². The number of hydrogen-bond acceptors (Lipinski definition) is 4. The summed E-state index contributed by atoms with van der Waals surface area (Å²) in [4.78, 5) is -0.0177. The fraction of sp³-hybridized carbons (Fsp3) is 0.400. The fourth-order valence-corrected chi connectivity index (χ4v) is 3.38. The lowest BCUT2D eigenvalue weighted by atomic mass is 9.98. The number of hydrogen-bond donors (Lipinski definition) is 3. The molecule has 1 aliphatic rings. The van der Waals surface area contributed by atoms with Crippen molar-refractivity contribution in [3.8, 4) is 0 Å². The number of β-amino-alcohol motifs (C(OH)–C–C–N with tert-alkyl or cyclic N) is 1. The normalized spacial score (nSPS) is 18.4. The number of sulfonamides is 1. The molecule has 0 bridgehead atoms. The molecule has 2 rings (SSSR count). The molecule has 5 nitrogen and oxygen atoms in total. The van der Waals surface area contributed by atoms with Crippen LogP contribution in [0.2, 0.25) is 10.0 Å². The molecule has 18 heavy (non-hydrogen) atoms. The van der Waals surface area contributed by atoms with E-state index in [1.54, 1.807) is 0 Å². The van der Waals surface area contributed by atoms with Crippen molar-refractivity contribution in [2.75, 3.05) is 19.6 Å². The van der Waals surface area contributed by atoms with Crippen LogP contribution in [0.1, 0.15) is 0 Å². The molecule has 0 atom stereocenters. The summed E-state index contributed by atoms with van der Waals surface area (Å²) in [6.45, 7) is 0.685. The van der Waals surface area contributed by atoms with E-state index in [0.29, 0.717) is 13.1 Å². The van der Waals surface area contributed by atoms with Gasteiger partial charge in [0.2, 0.25) is 10.0 Å². The number of rotatable bonds is 4. The minimum absolute atomic E-state index is 0.0177. The van der Waals surface area contributed by atoms with Gasteiger partial charge in [-0.3, -0.25) is 0 Å². The van der Waals surface area contributed by atoms with Crippen LogP contribution >= 0.6 is 23.2 Å². The van der Waals surface area contributed by atoms with Crippen LogP contribution in [-0.4, -0.2) is 38.8 Å². The molecule has 0 aliphatic carbocycles. The van der Waals surface area contributed by atoms with Crippen molar-refractivity contribution >= 4 is 33.2 Å². The molecule has 0 radical (unpaired) electrons. The predicted molar refractivity (Wildman–Crippen MR) is 69.5 cm³/mol. The second kappa shape index (κ2) is 4.96. The molecule has 0 saturated carbocycles. The molecule has 0 aromatic heterocycles. The third-order valence-electron chi connectivity index (χ3n) is 2.65. The zero-order valence-electron chi connectivity index (χ0n) is 9.28. The number of aliphatic hydroxyl groups is 1. The maximum atomic E-state index is 12.0. The second-order valence-corrected chi connectivity index (χ2v) is 6.90. The van der Waals surface area contributed by atoms with Crippen molar-refractivity contribution in [3.63, 3.8) is 0 Å². The van der Waals surface area contributed by atoms with Crippen LogP contribution in [0, 0.1) is 0 Å². The van der Waals surface area contributed by atoms with Gasteiger partial charge < -0.3 is 10.4 Å². The van der Waals surface area contributed by atoms with Gasteiger partial charge in [0.15, 0.2) is 0 Å². The van der Waals surface area contributed by atoms with E-state index in [4.69, 9.17) is 23.2 Å². The lowest BCUT2D eigenvalue weighted by molar-refractivity contribution is -0.00396. The Morgan fingerprint density at radius 2 is 1.83 bits per heavy atom. The Kier molecular flexibility index (Phi) is 3.87. The first-order chi connectivity index (χ1) is 8.31. The molecular weight excluding hydrogens is 299 g/mol. The quantitative estimate of drug-likeness (QED) is 0.761. The molecule has 1 aromatic rings. The lowest BCUT2D eigenvalue weighted by Gasteiger charge is -2.37. The molecule has 1 saturated heterocycles. The van der Waals surface area contributed by atoms with Gasteiger partial charge in [0, 0.05) is 29.7 Å². The van der Waals surface area contributed by atoms with Crippen LogP contribution in [0.5, 0.6) is 0 Å². The number of benzene rings is 1. The van der Waals surface area contributed by atoms with Gasteiger partial charge >= 0.3 is 0 Å². The van der Waals surface area contributed by atoms with E-state index in [2.05, 4.69) is 10.0 Å². The molecule has 3 N–H and O–H groups in total. The first-order valence-corrected chi connectivity index (χ1v) is 7.44. The summed E-state index contributed by atoms with van der Waals surface area (Å²) >= 11 is 11.5. The van der Waals surface area contributed by atoms with Gasteiger partial charge in [-0.1, -0.05) is 23.2 Å². The van der Waals surface area contributed by atoms with Gasteiger partial charge in [-0.25, -0.2) is 13.1 Å². The van der Waals surface area contributed by atoms with E-state index in [0.717, 1.165) is 0 Å². The second-order valence-electron chi connectivity index (χ2n) is 4.26. The van der Waals surface area contributed by atoms with E-state index >= 15 is 0 Å². The fourth-order valence-electron chi connectivity index (χ4n) is 1.53. The summed E-state index contributed by atoms with van der Waals surface area (Å²) in [5, 5.41) is 13.1. The molecular formula is C10H12Cl2N2O3S. The smallest absolute Gasteiger partial charge is 0.240 e. The summed E-state index contributed by atoms with van der Waals surface area (Å²) in [5.74, 6) is 0. The van der Waals surface area contributed by atoms with Crippen LogP contribution in [0.3, 0.4) is 0 Å². The summed E-state index contributed by atoms with van der Waals surface area (Å²) in [6.07, 6.45) is 0. The van der Waals surface area contributed by atoms with E-state index in [-0.39, 0.29) is 21.5 Å². The molecule has 0 amide bonds. The highest BCUT2D eigenvalue weighted by Crippen LogP contribution is 2.22. The SMILES string of the molecule is O=S(=O)(NCC1(O)CNC1)c1cc(Cl)cc(Cl)c1. The maximum absolute atomic E-state index is 12.0. The standard InChI is InChI=1S/C10H12Cl2N2O3S/c11-7-1-8(12)3-9(2-7)18(16,17)14-6-10(15)4-13-5-10/h1-3,13-15H,4-6H2. The van der Waals surface area contributed by atoms with E-state index in [1.807, 2.05) is 0 Å². The van der Waals surface area contributed by atoms with E-state index in [1.165, 1.54) is 18.2 Å². The van der Waals surface area contributed by atoms with Gasteiger partial charge in [-0.2, -0.15) is 0 Å². The van der Waals surface area contributed by atoms with Gasteiger partial charge in [0.05, 0.1) is 4.90 Å². The maximum Gasteiger partial charge on any atom is 0.240 e. The molecule has 1 aromatic carbocycles. The lowest BCUT2D eigenvalue weighted by Crippen LogP contribution is -2.64. The third-order valence-corrected chi connectivity index (χ3v) is 4.46. The first kappa shape index (κ1) is 14.0. The molecule has 1 aliphatic heterocycles. The van der Waals surface area contributed by atoms with Crippen molar-refractivity contribution in [1.82, 2.24) is 10.0 Å². The highest BCUT2D eigenvalue weighted by Gasteiger charge is 2.35. The van der Waals surface area contributed by atoms with Crippen molar-refractivity contribution in [2.45, 2.75) is 10.5 Å². The molecule has 0 spiro atoms. The Balaban J connectivity index is 2.14. The summed E-state index contributed by atoms with van der Waals surface area (Å²) in [5.41, 5.74) is -1.02. The highest BCUT2D eigenvalue weighted by molar-refractivity contribution is 7.89. The zero-order valence-corrected chi connectivity index (χ0v) is 11.6. The average Bonchev–Trinajstić information content (AvgIpc) is 2.22. The molecule has 1 fully saturated rings. The van der Waals surface area contributed by atoms with Gasteiger partial charge in [0.1, 0.15) is 5.60 Å². The van der Waals surface area contributed by atoms with Crippen LogP contribution in [0.25, 0.3) is 0 Å². The van der Waals surface area contributed by atoms with Gasteiger partial charge in [-0.05, 0) is 18.2 Å². The van der Waals surface area contributed by atoms with Crippen LogP contribution in [0.4, 0.5) is 0 Å². The van der Waals surface area contributed by atoms with Gasteiger partial charge in [-0.15, -0.1) is 0 Å². The monoisotopic (exact) mass is 310 g/mol. The molecule has 8 heteroatoms. The summed E-state index contributed by atoms with van der Waals surface area (Å²) in [7, 11) is -3.72. The molecule has 0 unspecified atom stereocenters. The van der Waals surface area contributed by atoms with Crippen molar-refractivity contribution in [3.05, 3.63) is 28.2 Å². The zero-order chi connectivity index (χ0) is 13.4. The Morgan fingerprint density at radius 3 is 2.28 bits per heavy atom. The summed E-state index contributed by atoms with van der Waals surface area (Å²) in [6, 6.07) is 4.06. The predicted octanol–water partition coefficient (Wildman–Crippen LogP) is 0.606. The summed E-state index contributed by atoms with van der Waals surface area (Å²) < 4.78 is 26.3. The number of nitrogens with one attached hydrogen (secondary N) is 2. The van der Waals surface area contributed by atoms with E-state index in [9.17, 15) is 13.5 Å². The Labute approximate surface area is 115 Å². The number of halogens is 2. The Morgan fingerprint density at radius 1 is 1.28 bits per heavy atom. The minimum atomic E-state index is -3.72. The Bertz CT molecular complexity index is 538. The van der Waals surface area contributed by atoms with Crippen molar-refractivity contribution in [1.29, 1.82) is 0 Å². The molecule has 100 valence electrons. The highest BCUT2D eigenvalue weighted by atomic mass is 35.5. The minimum Gasteiger partial charge on any atom is -0.386 e. The first-order valence-electron chi connectivity index (χ1n) is 5.20. The van der Waals surface area contributed by atoms with Crippen LogP contribution in [0.15, 0.2) is 23.1 Å². The van der Waals surface area contributed by atoms with E-state index < -0.39 is 15.6 Å². The topological polar surface area (TPSA) is 78.4 Å². The largest absolute Gasteiger partial charge is 0.386 e.